The Morgan fingerprint density at radius 3 is 2.66 bits per heavy atom. The van der Waals surface area contributed by atoms with Crippen LogP contribution in [0.5, 0.6) is 5.75 Å². The zero-order valence-corrected chi connectivity index (χ0v) is 18.7. The summed E-state index contributed by atoms with van der Waals surface area (Å²) >= 11 is 0. The molecule has 8 nitrogen and oxygen atoms in total. The molecule has 9 heteroatoms. The third kappa shape index (κ3) is 4.98. The van der Waals surface area contributed by atoms with E-state index in [0.29, 0.717) is 32.1 Å². The fourth-order valence-corrected chi connectivity index (χ4v) is 3.79. The Kier molecular flexibility index (Phi) is 6.53. The third-order valence-corrected chi connectivity index (χ3v) is 5.58. The molecule has 2 aromatic rings. The van der Waals surface area contributed by atoms with E-state index in [0.717, 1.165) is 47.8 Å². The van der Waals surface area contributed by atoms with Crippen molar-refractivity contribution in [3.8, 4) is 5.75 Å². The molecular weight excluding hydrogens is 411 g/mol. The third-order valence-electron chi connectivity index (χ3n) is 5.58. The Hall–Kier alpha value is -3.23. The first kappa shape index (κ1) is 22.0. The molecule has 0 radical (unpaired) electrons. The maximum atomic E-state index is 12.9. The van der Waals surface area contributed by atoms with Crippen molar-refractivity contribution in [2.24, 2.45) is 4.99 Å². The molecule has 2 aliphatic rings. The van der Waals surface area contributed by atoms with Gasteiger partial charge in [0.15, 0.2) is 5.82 Å². The standard InChI is InChI=1S/C23H29FN6O2/c1-4-5-6-25-21-16(3)7-15(2)8-20(21)32-19-13-30(14-19)23(31)28-18-11-29(12-18)22-26-9-17(24)10-27-22/h6-10,18-19H,4-5,11-14H2,1-3H3,(H,28,31)/b25-6-. The second kappa shape index (κ2) is 9.50. The maximum Gasteiger partial charge on any atom is 0.317 e. The summed E-state index contributed by atoms with van der Waals surface area (Å²) in [5.74, 6) is 0.781. The quantitative estimate of drug-likeness (QED) is 0.668. The molecule has 1 aromatic carbocycles. The molecule has 0 atom stereocenters. The van der Waals surface area contributed by atoms with Crippen molar-refractivity contribution in [2.75, 3.05) is 31.1 Å². The van der Waals surface area contributed by atoms with Crippen LogP contribution in [0.2, 0.25) is 0 Å². The number of urea groups is 1. The van der Waals surface area contributed by atoms with Crippen LogP contribution in [0.25, 0.3) is 0 Å². The van der Waals surface area contributed by atoms with Crippen molar-refractivity contribution in [3.05, 3.63) is 41.5 Å². The predicted molar refractivity (Wildman–Crippen MR) is 121 cm³/mol. The van der Waals surface area contributed by atoms with E-state index in [-0.39, 0.29) is 18.2 Å². The number of hydrogen-bond donors (Lipinski definition) is 1. The van der Waals surface area contributed by atoms with Crippen LogP contribution in [0.1, 0.15) is 30.9 Å². The number of aliphatic imine (C=N–C) groups is 1. The molecule has 1 N–H and O–H groups in total. The first-order valence-corrected chi connectivity index (χ1v) is 11.0. The van der Waals surface area contributed by atoms with E-state index in [1.165, 1.54) is 0 Å². The molecule has 0 saturated carbocycles. The lowest BCUT2D eigenvalue weighted by Crippen LogP contribution is -2.65. The van der Waals surface area contributed by atoms with Crippen LogP contribution in [0.3, 0.4) is 0 Å². The predicted octanol–water partition coefficient (Wildman–Crippen LogP) is 3.40. The van der Waals surface area contributed by atoms with Gasteiger partial charge in [-0.2, -0.15) is 0 Å². The second-order valence-electron chi connectivity index (χ2n) is 8.43. The number of halogens is 1. The van der Waals surface area contributed by atoms with Crippen molar-refractivity contribution in [3.63, 3.8) is 0 Å². The zero-order valence-electron chi connectivity index (χ0n) is 18.7. The fraction of sp³-hybridized carbons (Fsp3) is 0.478. The summed E-state index contributed by atoms with van der Waals surface area (Å²) in [6.07, 6.45) is 6.15. The summed E-state index contributed by atoms with van der Waals surface area (Å²) in [5.41, 5.74) is 3.08. The minimum absolute atomic E-state index is 0.0232. The van der Waals surface area contributed by atoms with Gasteiger partial charge in [-0.15, -0.1) is 0 Å². The average Bonchev–Trinajstić information content (AvgIpc) is 2.69. The number of nitrogens with one attached hydrogen (secondary N) is 1. The number of carbonyl (C=O) groups is 1. The molecule has 2 saturated heterocycles. The fourth-order valence-electron chi connectivity index (χ4n) is 3.79. The van der Waals surface area contributed by atoms with E-state index < -0.39 is 5.82 Å². The lowest BCUT2D eigenvalue weighted by atomic mass is 10.1. The number of rotatable bonds is 7. The normalized spacial score (nSPS) is 16.8. The van der Waals surface area contributed by atoms with Gasteiger partial charge in [0.25, 0.3) is 0 Å². The van der Waals surface area contributed by atoms with E-state index in [1.54, 1.807) is 4.90 Å². The summed E-state index contributed by atoms with van der Waals surface area (Å²) in [6, 6.07) is 4.03. The summed E-state index contributed by atoms with van der Waals surface area (Å²) < 4.78 is 19.1. The van der Waals surface area contributed by atoms with Crippen LogP contribution in [0.4, 0.5) is 20.8 Å². The number of hydrogen-bond acceptors (Lipinski definition) is 6. The number of aryl methyl sites for hydroxylation is 2. The van der Waals surface area contributed by atoms with Gasteiger partial charge in [-0.1, -0.05) is 19.4 Å². The van der Waals surface area contributed by atoms with Gasteiger partial charge in [0, 0.05) is 19.3 Å². The van der Waals surface area contributed by atoms with Gasteiger partial charge < -0.3 is 19.9 Å². The van der Waals surface area contributed by atoms with Crippen LogP contribution >= 0.6 is 0 Å². The van der Waals surface area contributed by atoms with E-state index >= 15 is 0 Å². The SMILES string of the molecule is CCC/C=N\c1c(C)cc(C)cc1OC1CN(C(=O)NC2CN(c3ncc(F)cn3)C2)C1. The van der Waals surface area contributed by atoms with Crippen LogP contribution in [-0.4, -0.2) is 65.4 Å². The highest BCUT2D eigenvalue weighted by Crippen LogP contribution is 2.34. The highest BCUT2D eigenvalue weighted by Gasteiger charge is 2.36. The summed E-state index contributed by atoms with van der Waals surface area (Å²) in [4.78, 5) is 28.7. The van der Waals surface area contributed by atoms with E-state index in [1.807, 2.05) is 31.0 Å². The smallest absolute Gasteiger partial charge is 0.317 e. The van der Waals surface area contributed by atoms with Crippen molar-refractivity contribution in [1.82, 2.24) is 20.2 Å². The van der Waals surface area contributed by atoms with Crippen molar-refractivity contribution in [1.29, 1.82) is 0 Å². The van der Waals surface area contributed by atoms with Gasteiger partial charge in [-0.05, 0) is 37.5 Å². The summed E-state index contributed by atoms with van der Waals surface area (Å²) in [5, 5.41) is 3.01. The molecule has 4 rings (SSSR count). The largest absolute Gasteiger partial charge is 0.484 e. The number of carbonyl (C=O) groups excluding carboxylic acids is 1. The topological polar surface area (TPSA) is 83.0 Å². The zero-order chi connectivity index (χ0) is 22.7. The van der Waals surface area contributed by atoms with Crippen LogP contribution < -0.4 is 15.0 Å². The van der Waals surface area contributed by atoms with E-state index in [2.05, 4.69) is 33.3 Å². The van der Waals surface area contributed by atoms with Crippen molar-refractivity contribution >= 4 is 23.9 Å². The highest BCUT2D eigenvalue weighted by atomic mass is 19.1. The van der Waals surface area contributed by atoms with Crippen LogP contribution in [-0.2, 0) is 0 Å². The first-order valence-electron chi connectivity index (χ1n) is 11.0. The molecule has 3 heterocycles. The molecule has 32 heavy (non-hydrogen) atoms. The molecule has 2 amide bonds. The number of benzene rings is 1. The first-order chi connectivity index (χ1) is 15.4. The van der Waals surface area contributed by atoms with Crippen LogP contribution in [0, 0.1) is 19.7 Å². The summed E-state index contributed by atoms with van der Waals surface area (Å²) in [6.45, 7) is 8.48. The highest BCUT2D eigenvalue weighted by molar-refractivity contribution is 5.76. The Morgan fingerprint density at radius 2 is 1.97 bits per heavy atom. The minimum atomic E-state index is -0.464. The second-order valence-corrected chi connectivity index (χ2v) is 8.43. The Labute approximate surface area is 187 Å². The molecule has 2 aliphatic heterocycles. The minimum Gasteiger partial charge on any atom is -0.484 e. The number of anilines is 1. The molecule has 0 unspecified atom stereocenters. The van der Waals surface area contributed by atoms with Gasteiger partial charge in [-0.3, -0.25) is 4.99 Å². The lowest BCUT2D eigenvalue weighted by Gasteiger charge is -2.43. The summed E-state index contributed by atoms with van der Waals surface area (Å²) in [7, 11) is 0. The molecule has 2 fully saturated rings. The number of aromatic nitrogens is 2. The van der Waals surface area contributed by atoms with E-state index in [4.69, 9.17) is 4.74 Å². The van der Waals surface area contributed by atoms with Crippen LogP contribution in [0.15, 0.2) is 29.5 Å². The average molecular weight is 441 g/mol. The molecule has 0 spiro atoms. The molecule has 0 bridgehead atoms. The molecule has 1 aromatic heterocycles. The number of nitrogens with zero attached hydrogens (tertiary/aromatic N) is 5. The molecule has 0 aliphatic carbocycles. The number of likely N-dealkylation sites (tertiary alicyclic amines) is 1. The molecule has 170 valence electrons. The monoisotopic (exact) mass is 440 g/mol. The van der Waals surface area contributed by atoms with E-state index in [9.17, 15) is 9.18 Å². The number of ether oxygens (including phenoxy) is 1. The van der Waals surface area contributed by atoms with Gasteiger partial charge in [-0.25, -0.2) is 19.2 Å². The van der Waals surface area contributed by atoms with Gasteiger partial charge in [0.05, 0.1) is 31.5 Å². The van der Waals surface area contributed by atoms with Gasteiger partial charge in [0.1, 0.15) is 17.5 Å². The Balaban J connectivity index is 1.25. The Bertz CT molecular complexity index is 985. The molecular formula is C23H29FN6O2. The lowest BCUT2D eigenvalue weighted by molar-refractivity contribution is 0.0434. The Morgan fingerprint density at radius 1 is 1.25 bits per heavy atom. The van der Waals surface area contributed by atoms with Gasteiger partial charge >= 0.3 is 6.03 Å². The van der Waals surface area contributed by atoms with Crippen molar-refractivity contribution in [2.45, 2.75) is 45.8 Å². The number of amides is 2. The maximum absolute atomic E-state index is 12.9. The number of unbranched alkanes of at least 4 members (excludes halogenated alkanes) is 1. The van der Waals surface area contributed by atoms with Crippen molar-refractivity contribution < 1.29 is 13.9 Å². The van der Waals surface area contributed by atoms with Gasteiger partial charge in [0.2, 0.25) is 5.95 Å².